The van der Waals surface area contributed by atoms with E-state index in [-0.39, 0.29) is 31.9 Å². The highest BCUT2D eigenvalue weighted by Gasteiger charge is 2.62. The quantitative estimate of drug-likeness (QED) is 0.316. The molecule has 0 unspecified atom stereocenters. The second kappa shape index (κ2) is 15.4. The van der Waals surface area contributed by atoms with Crippen molar-refractivity contribution in [1.82, 2.24) is 25.2 Å². The van der Waals surface area contributed by atoms with E-state index in [1.165, 1.54) is 6.08 Å². The van der Waals surface area contributed by atoms with Crippen LogP contribution in [0.25, 0.3) is 16.8 Å². The van der Waals surface area contributed by atoms with Gasteiger partial charge in [-0.3, -0.25) is 19.1 Å². The molecule has 2 aliphatic carbocycles. The first kappa shape index (κ1) is 38.1. The van der Waals surface area contributed by atoms with E-state index in [2.05, 4.69) is 26.9 Å². The molecule has 1 aromatic heterocycles. The largest absolute Gasteiger partial charge is 0.472 e. The minimum Gasteiger partial charge on any atom is -0.472 e. The first-order valence-corrected chi connectivity index (χ1v) is 19.3. The number of alkyl carbamates (subject to hydrolysis) is 1. The summed E-state index contributed by atoms with van der Waals surface area (Å²) in [5.74, 6) is -2.98. The minimum atomic E-state index is -4.51. The van der Waals surface area contributed by atoms with Crippen LogP contribution in [0.15, 0.2) is 49.2 Å². The number of pyridine rings is 1. The molecule has 4 bridgehead atoms. The number of carbonyl (C=O) groups excluding carboxylic acids is 4. The van der Waals surface area contributed by atoms with Crippen LogP contribution < -0.4 is 20.1 Å². The number of amides is 4. The number of benzene rings is 1. The molecule has 4 aliphatic rings. The first-order valence-electron chi connectivity index (χ1n) is 17.7. The molecular formula is C36H42F3N5O8S. The SMILES string of the molecule is C=C[C@@H]1C[C@]1(NC(=O)[C@@H]1C[C@@H]2CN1C(=O)[C@@H](CCCC(F)(F)F)NC(=O)OCCCC/C=C\c1ccc3ccnc(c3c1)O2)C(=O)NS(=O)(=O)C1CC1. The molecule has 2 aliphatic heterocycles. The van der Waals surface area contributed by atoms with Crippen molar-refractivity contribution >= 4 is 50.7 Å². The number of halogens is 3. The zero-order valence-electron chi connectivity index (χ0n) is 28.9. The molecule has 2 aromatic rings. The molecular weight excluding hydrogens is 719 g/mol. The van der Waals surface area contributed by atoms with E-state index in [0.717, 1.165) is 15.8 Å². The van der Waals surface area contributed by atoms with Gasteiger partial charge in [-0.25, -0.2) is 18.2 Å². The lowest BCUT2D eigenvalue weighted by Crippen LogP contribution is -2.58. The third-order valence-electron chi connectivity index (χ3n) is 9.98. The summed E-state index contributed by atoms with van der Waals surface area (Å²) in [5, 5.41) is 5.86. The van der Waals surface area contributed by atoms with E-state index in [1.54, 1.807) is 12.3 Å². The smallest absolute Gasteiger partial charge is 0.407 e. The fourth-order valence-corrected chi connectivity index (χ4v) is 8.17. The highest BCUT2D eigenvalue weighted by molar-refractivity contribution is 7.91. The number of nitrogens with zero attached hydrogens (tertiary/aromatic N) is 2. The van der Waals surface area contributed by atoms with Gasteiger partial charge < -0.3 is 25.0 Å². The molecule has 3 fully saturated rings. The number of fused-ring (bicyclic) bond motifs is 3. The summed E-state index contributed by atoms with van der Waals surface area (Å²) >= 11 is 0. The zero-order valence-corrected chi connectivity index (χ0v) is 29.7. The van der Waals surface area contributed by atoms with Gasteiger partial charge in [-0.1, -0.05) is 30.4 Å². The maximum Gasteiger partial charge on any atom is 0.407 e. The summed E-state index contributed by atoms with van der Waals surface area (Å²) in [6.45, 7) is 3.49. The van der Waals surface area contributed by atoms with Crippen molar-refractivity contribution in [3.05, 3.63) is 54.8 Å². The topological polar surface area (TPSA) is 173 Å². The van der Waals surface area contributed by atoms with Gasteiger partial charge in [0.15, 0.2) is 0 Å². The number of nitrogens with one attached hydrogen (secondary N) is 3. The van der Waals surface area contributed by atoms with Gasteiger partial charge in [-0.15, -0.1) is 6.58 Å². The van der Waals surface area contributed by atoms with E-state index in [9.17, 15) is 40.8 Å². The Labute approximate surface area is 304 Å². The Hall–Kier alpha value is -4.67. The second-order valence-corrected chi connectivity index (χ2v) is 16.0. The van der Waals surface area contributed by atoms with Crippen molar-refractivity contribution in [3.63, 3.8) is 0 Å². The molecule has 0 radical (unpaired) electrons. The molecule has 6 rings (SSSR count). The number of ether oxygens (including phenoxy) is 2. The van der Waals surface area contributed by atoms with E-state index < -0.39 is 94.2 Å². The number of carbonyl (C=O) groups is 4. The third-order valence-corrected chi connectivity index (χ3v) is 11.8. The lowest BCUT2D eigenvalue weighted by atomic mass is 10.1. The number of hydrogen-bond acceptors (Lipinski definition) is 9. The zero-order chi connectivity index (χ0) is 38.0. The van der Waals surface area contributed by atoms with Crippen LogP contribution in [0.3, 0.4) is 0 Å². The van der Waals surface area contributed by atoms with Gasteiger partial charge in [0.05, 0.1) is 18.4 Å². The average molecular weight is 762 g/mol. The van der Waals surface area contributed by atoms with Crippen molar-refractivity contribution in [2.45, 2.75) is 99.4 Å². The molecule has 5 atom stereocenters. The van der Waals surface area contributed by atoms with E-state index >= 15 is 0 Å². The summed E-state index contributed by atoms with van der Waals surface area (Å²) in [6, 6.07) is 4.72. The molecule has 4 amide bonds. The first-order chi connectivity index (χ1) is 25.2. The van der Waals surface area contributed by atoms with Gasteiger partial charge in [-0.2, -0.15) is 13.2 Å². The molecule has 13 nitrogen and oxygen atoms in total. The van der Waals surface area contributed by atoms with E-state index in [0.29, 0.717) is 37.5 Å². The molecule has 2 saturated carbocycles. The fraction of sp³-hybridized carbons (Fsp3) is 0.528. The van der Waals surface area contributed by atoms with Crippen molar-refractivity contribution in [3.8, 4) is 5.88 Å². The molecule has 0 spiro atoms. The summed E-state index contributed by atoms with van der Waals surface area (Å²) in [7, 11) is -3.97. The summed E-state index contributed by atoms with van der Waals surface area (Å²) < 4.78 is 78.4. The van der Waals surface area contributed by atoms with Crippen LogP contribution in [0.4, 0.5) is 18.0 Å². The van der Waals surface area contributed by atoms with Crippen molar-refractivity contribution in [2.75, 3.05) is 13.2 Å². The van der Waals surface area contributed by atoms with Crippen LogP contribution in [0, 0.1) is 5.92 Å². The molecule has 3 heterocycles. The van der Waals surface area contributed by atoms with Gasteiger partial charge in [0, 0.05) is 30.3 Å². The van der Waals surface area contributed by atoms with Crippen molar-refractivity contribution < 1.29 is 50.2 Å². The Balaban J connectivity index is 1.31. The Morgan fingerprint density at radius 3 is 2.68 bits per heavy atom. The molecule has 1 aromatic carbocycles. The average Bonchev–Trinajstić information content (AvgIpc) is 4.03. The van der Waals surface area contributed by atoms with Gasteiger partial charge in [0.2, 0.25) is 27.7 Å². The molecule has 1 saturated heterocycles. The van der Waals surface area contributed by atoms with Gasteiger partial charge >= 0.3 is 12.3 Å². The molecule has 286 valence electrons. The molecule has 3 N–H and O–H groups in total. The lowest BCUT2D eigenvalue weighted by molar-refractivity contribution is -0.143. The van der Waals surface area contributed by atoms with Gasteiger partial charge in [0.25, 0.3) is 5.91 Å². The summed E-state index contributed by atoms with van der Waals surface area (Å²) in [4.78, 5) is 60.2. The van der Waals surface area contributed by atoms with Crippen LogP contribution in [-0.4, -0.2) is 90.4 Å². The van der Waals surface area contributed by atoms with E-state index in [1.807, 2.05) is 30.4 Å². The number of hydrogen-bond donors (Lipinski definition) is 3. The maximum atomic E-state index is 14.2. The van der Waals surface area contributed by atoms with Crippen molar-refractivity contribution in [2.24, 2.45) is 5.92 Å². The van der Waals surface area contributed by atoms with Gasteiger partial charge in [-0.05, 0) is 74.4 Å². The molecule has 17 heteroatoms. The predicted octanol–water partition coefficient (Wildman–Crippen LogP) is 4.28. The van der Waals surface area contributed by atoms with Crippen LogP contribution >= 0.6 is 0 Å². The number of rotatable bonds is 9. The van der Waals surface area contributed by atoms with Crippen LogP contribution in [0.1, 0.15) is 69.8 Å². The Bertz CT molecular complexity index is 1900. The standard InChI is InChI=1S/C36H42F3N5O8S/c1-2-24-20-35(24,33(47)43-53(49,50)26-12-13-26)42-30(45)29-19-25-21-44(29)32(46)28(9-7-15-36(37,38)39)41-34(48)51-17-6-4-3-5-8-22-10-11-23-14-16-40-31(52-25)27(23)18-22/h2,5,8,10-11,14,16,18,24-26,28-29H,1,3-4,6-7,9,12-13,15,17,19-21H2,(H,41,48)(H,42,45)(H,43,47)/b8-5-/t24-,25-,28-,29+,35-/m1/s1. The Morgan fingerprint density at radius 1 is 1.17 bits per heavy atom. The monoisotopic (exact) mass is 761 g/mol. The Morgan fingerprint density at radius 2 is 1.96 bits per heavy atom. The summed E-state index contributed by atoms with van der Waals surface area (Å²) in [5.41, 5.74) is -0.783. The third kappa shape index (κ3) is 9.11. The normalized spacial score (nSPS) is 27.3. The molecule has 53 heavy (non-hydrogen) atoms. The van der Waals surface area contributed by atoms with Crippen LogP contribution in [0.5, 0.6) is 5.88 Å². The number of allylic oxidation sites excluding steroid dienone is 1. The van der Waals surface area contributed by atoms with E-state index in [4.69, 9.17) is 9.47 Å². The highest BCUT2D eigenvalue weighted by Crippen LogP contribution is 2.45. The van der Waals surface area contributed by atoms with Crippen LogP contribution in [-0.2, 0) is 29.1 Å². The number of sulfonamides is 1. The highest BCUT2D eigenvalue weighted by atomic mass is 32.2. The Kier molecular flexibility index (Phi) is 11.0. The predicted molar refractivity (Wildman–Crippen MR) is 187 cm³/mol. The maximum absolute atomic E-state index is 14.2. The van der Waals surface area contributed by atoms with Gasteiger partial charge in [0.1, 0.15) is 23.7 Å². The number of alkyl halides is 3. The summed E-state index contributed by atoms with van der Waals surface area (Å²) in [6.07, 6.45) is 0.999. The second-order valence-electron chi connectivity index (χ2n) is 14.0. The number of cyclic esters (lactones) is 1. The minimum absolute atomic E-state index is 0.00385. The van der Waals surface area contributed by atoms with Crippen LogP contribution in [0.2, 0.25) is 0 Å². The fourth-order valence-electron chi connectivity index (χ4n) is 6.81. The number of aromatic nitrogens is 1. The lowest BCUT2D eigenvalue weighted by Gasteiger charge is -2.29. The van der Waals surface area contributed by atoms with Crippen molar-refractivity contribution in [1.29, 1.82) is 0 Å².